The van der Waals surface area contributed by atoms with Crippen molar-refractivity contribution in [2.45, 2.75) is 32.1 Å². The van der Waals surface area contributed by atoms with Crippen LogP contribution in [-0.2, 0) is 12.8 Å². The minimum absolute atomic E-state index is 0.195. The third kappa shape index (κ3) is 3.41. The lowest BCUT2D eigenvalue weighted by atomic mass is 10.1. The van der Waals surface area contributed by atoms with Crippen molar-refractivity contribution in [2.75, 3.05) is 5.32 Å². The van der Waals surface area contributed by atoms with Crippen molar-refractivity contribution >= 4 is 44.5 Å². The normalized spacial score (nSPS) is 13.4. The summed E-state index contributed by atoms with van der Waals surface area (Å²) < 4.78 is 0. The number of hydrogen-bond donors (Lipinski definition) is 1. The van der Waals surface area contributed by atoms with E-state index in [0.717, 1.165) is 52.7 Å². The molecule has 1 amide bonds. The molecule has 0 unspecified atom stereocenters. The number of carbonyl (C=O) groups excluding carboxylic acids is 1. The fraction of sp³-hybridized carbons (Fsp3) is 0.208. The van der Waals surface area contributed by atoms with E-state index in [1.165, 1.54) is 11.3 Å². The first kappa shape index (κ1) is 19.0. The number of fused-ring (bicyclic) bond motifs is 2. The number of aromatic nitrogens is 1. The lowest BCUT2D eigenvalue weighted by molar-refractivity contribution is 0.102. The molecule has 1 aliphatic rings. The zero-order valence-electron chi connectivity index (χ0n) is 16.3. The topological polar surface area (TPSA) is 65.8 Å². The van der Waals surface area contributed by atoms with E-state index in [-0.39, 0.29) is 5.91 Å². The molecule has 0 atom stereocenters. The molecule has 6 heteroatoms. The van der Waals surface area contributed by atoms with Crippen LogP contribution in [0.25, 0.3) is 21.5 Å². The molecule has 1 N–H and O–H groups in total. The van der Waals surface area contributed by atoms with Gasteiger partial charge in [0.1, 0.15) is 11.1 Å². The molecule has 148 valence electrons. The first-order chi connectivity index (χ1) is 14.7. The molecular formula is C24H19N3OS2. The molecule has 0 bridgehead atoms. The zero-order chi connectivity index (χ0) is 20.5. The predicted octanol–water partition coefficient (Wildman–Crippen LogP) is 6.42. The molecule has 30 heavy (non-hydrogen) atoms. The number of hydrogen-bond acceptors (Lipinski definition) is 5. The summed E-state index contributed by atoms with van der Waals surface area (Å²) in [7, 11) is 0. The van der Waals surface area contributed by atoms with Crippen LogP contribution in [0, 0.1) is 11.3 Å². The van der Waals surface area contributed by atoms with E-state index in [2.05, 4.69) is 11.4 Å². The van der Waals surface area contributed by atoms with Crippen LogP contribution in [0.3, 0.4) is 0 Å². The monoisotopic (exact) mass is 429 g/mol. The predicted molar refractivity (Wildman–Crippen MR) is 123 cm³/mol. The highest BCUT2D eigenvalue weighted by Crippen LogP contribution is 2.37. The number of thiophene rings is 2. The molecule has 0 aliphatic heterocycles. The largest absolute Gasteiger partial charge is 0.312 e. The zero-order valence-corrected chi connectivity index (χ0v) is 17.9. The maximum Gasteiger partial charge on any atom is 0.257 e. The van der Waals surface area contributed by atoms with Gasteiger partial charge in [0.05, 0.1) is 27.2 Å². The molecule has 3 heterocycles. The van der Waals surface area contributed by atoms with Gasteiger partial charge in [0.15, 0.2) is 0 Å². The van der Waals surface area contributed by atoms with Crippen LogP contribution in [0.1, 0.15) is 45.6 Å². The Morgan fingerprint density at radius 1 is 1.10 bits per heavy atom. The third-order valence-corrected chi connectivity index (χ3v) is 7.59. The number of carbonyl (C=O) groups is 1. The van der Waals surface area contributed by atoms with Crippen molar-refractivity contribution in [2.24, 2.45) is 0 Å². The molecule has 0 radical (unpaired) electrons. The second kappa shape index (κ2) is 8.02. The highest BCUT2D eigenvalue weighted by molar-refractivity contribution is 7.16. The number of rotatable bonds is 3. The van der Waals surface area contributed by atoms with Crippen LogP contribution in [0.5, 0.6) is 0 Å². The van der Waals surface area contributed by atoms with Crippen molar-refractivity contribution in [1.29, 1.82) is 5.26 Å². The van der Waals surface area contributed by atoms with Gasteiger partial charge in [-0.05, 0) is 54.8 Å². The van der Waals surface area contributed by atoms with Crippen molar-refractivity contribution < 1.29 is 4.79 Å². The van der Waals surface area contributed by atoms with E-state index in [0.29, 0.717) is 16.1 Å². The summed E-state index contributed by atoms with van der Waals surface area (Å²) in [6.45, 7) is 0. The van der Waals surface area contributed by atoms with Crippen LogP contribution in [0.15, 0.2) is 47.8 Å². The molecule has 0 fully saturated rings. The molecule has 0 saturated carbocycles. The van der Waals surface area contributed by atoms with Crippen molar-refractivity contribution in [3.05, 3.63) is 69.4 Å². The molecule has 0 spiro atoms. The number of amides is 1. The van der Waals surface area contributed by atoms with Crippen LogP contribution in [0.2, 0.25) is 0 Å². The lowest BCUT2D eigenvalue weighted by Gasteiger charge is -2.09. The quantitative estimate of drug-likeness (QED) is 0.382. The van der Waals surface area contributed by atoms with Gasteiger partial charge in [0.2, 0.25) is 0 Å². The Morgan fingerprint density at radius 3 is 2.80 bits per heavy atom. The number of aryl methyl sites for hydroxylation is 1. The van der Waals surface area contributed by atoms with Gasteiger partial charge in [-0.25, -0.2) is 4.98 Å². The molecule has 5 rings (SSSR count). The average Bonchev–Trinajstić information content (AvgIpc) is 3.35. The Kier molecular flexibility index (Phi) is 5.07. The SMILES string of the molecule is N#Cc1c(NC(=O)c2cc(-c3cccs3)nc3ccccc23)sc2c1CCCCC2. The van der Waals surface area contributed by atoms with Gasteiger partial charge in [-0.3, -0.25) is 4.79 Å². The third-order valence-electron chi connectivity index (χ3n) is 5.49. The molecule has 4 nitrogen and oxygen atoms in total. The molecule has 4 aromatic rings. The van der Waals surface area contributed by atoms with Gasteiger partial charge in [-0.1, -0.05) is 30.7 Å². The molecule has 1 aromatic carbocycles. The fourth-order valence-electron chi connectivity index (χ4n) is 4.03. The standard InChI is InChI=1S/C24H19N3OS2/c25-14-18-16-8-2-1-3-10-21(16)30-24(18)27-23(28)17-13-20(22-11-6-12-29-22)26-19-9-5-4-7-15(17)19/h4-7,9,11-13H,1-3,8,10H2,(H,27,28). The number of para-hydroxylation sites is 1. The Hall–Kier alpha value is -3.01. The van der Waals surface area contributed by atoms with E-state index < -0.39 is 0 Å². The van der Waals surface area contributed by atoms with E-state index >= 15 is 0 Å². The molecule has 1 aliphatic carbocycles. The summed E-state index contributed by atoms with van der Waals surface area (Å²) in [5, 5.41) is 16.3. The van der Waals surface area contributed by atoms with E-state index in [9.17, 15) is 10.1 Å². The summed E-state index contributed by atoms with van der Waals surface area (Å²) >= 11 is 3.16. The highest BCUT2D eigenvalue weighted by atomic mass is 32.1. The van der Waals surface area contributed by atoms with E-state index in [4.69, 9.17) is 4.98 Å². The second-order valence-electron chi connectivity index (χ2n) is 7.38. The Morgan fingerprint density at radius 2 is 1.97 bits per heavy atom. The summed E-state index contributed by atoms with van der Waals surface area (Å²) in [6, 6.07) is 15.9. The summed E-state index contributed by atoms with van der Waals surface area (Å²) in [5.41, 5.74) is 3.93. The Bertz CT molecular complexity index is 1280. The van der Waals surface area contributed by atoms with Gasteiger partial charge in [0, 0.05) is 10.3 Å². The lowest BCUT2D eigenvalue weighted by Crippen LogP contribution is -2.13. The number of benzene rings is 1. The number of nitrogens with one attached hydrogen (secondary N) is 1. The number of nitriles is 1. The van der Waals surface area contributed by atoms with Crippen molar-refractivity contribution in [1.82, 2.24) is 4.98 Å². The summed E-state index contributed by atoms with van der Waals surface area (Å²) in [4.78, 5) is 20.4. The van der Waals surface area contributed by atoms with Crippen molar-refractivity contribution in [3.63, 3.8) is 0 Å². The van der Waals surface area contributed by atoms with Crippen LogP contribution in [0.4, 0.5) is 5.00 Å². The first-order valence-electron chi connectivity index (χ1n) is 10.0. The van der Waals surface area contributed by atoms with E-state index in [1.54, 1.807) is 22.7 Å². The first-order valence-corrected chi connectivity index (χ1v) is 11.7. The van der Waals surface area contributed by atoms with Gasteiger partial charge in [0.25, 0.3) is 5.91 Å². The highest BCUT2D eigenvalue weighted by Gasteiger charge is 2.22. The van der Waals surface area contributed by atoms with Crippen molar-refractivity contribution in [3.8, 4) is 16.6 Å². The van der Waals surface area contributed by atoms with Gasteiger partial charge < -0.3 is 5.32 Å². The average molecular weight is 430 g/mol. The van der Waals surface area contributed by atoms with Gasteiger partial charge in [-0.2, -0.15) is 5.26 Å². The van der Waals surface area contributed by atoms with Crippen LogP contribution >= 0.6 is 22.7 Å². The van der Waals surface area contributed by atoms with E-state index in [1.807, 2.05) is 47.8 Å². The maximum absolute atomic E-state index is 13.4. The molecule has 3 aromatic heterocycles. The molecular weight excluding hydrogens is 410 g/mol. The summed E-state index contributed by atoms with van der Waals surface area (Å²) in [6.07, 6.45) is 5.36. The smallest absolute Gasteiger partial charge is 0.257 e. The van der Waals surface area contributed by atoms with Gasteiger partial charge >= 0.3 is 0 Å². The Labute approximate surface area is 182 Å². The minimum Gasteiger partial charge on any atom is -0.312 e. The second-order valence-corrected chi connectivity index (χ2v) is 9.44. The fourth-order valence-corrected chi connectivity index (χ4v) is 5.95. The summed E-state index contributed by atoms with van der Waals surface area (Å²) in [5.74, 6) is -0.195. The van der Waals surface area contributed by atoms with Crippen LogP contribution in [-0.4, -0.2) is 10.9 Å². The number of anilines is 1. The minimum atomic E-state index is -0.195. The van der Waals surface area contributed by atoms with Crippen LogP contribution < -0.4 is 5.32 Å². The number of pyridine rings is 1. The maximum atomic E-state index is 13.4. The van der Waals surface area contributed by atoms with Gasteiger partial charge in [-0.15, -0.1) is 22.7 Å². The Balaban J connectivity index is 1.57. The molecule has 0 saturated heterocycles. The number of nitrogens with zero attached hydrogens (tertiary/aromatic N) is 2.